The van der Waals surface area contributed by atoms with E-state index in [1.54, 1.807) is 0 Å². The Bertz CT molecular complexity index is 605. The topological polar surface area (TPSA) is 78.0 Å². The van der Waals surface area contributed by atoms with Crippen molar-refractivity contribution in [3.63, 3.8) is 0 Å². The van der Waals surface area contributed by atoms with E-state index in [4.69, 9.17) is 0 Å². The predicted octanol–water partition coefficient (Wildman–Crippen LogP) is 1.84. The molecule has 88 valence electrons. The Kier molecular flexibility index (Phi) is 2.82. The van der Waals surface area contributed by atoms with Crippen LogP contribution >= 0.6 is 0 Å². The van der Waals surface area contributed by atoms with Crippen LogP contribution in [0.15, 0.2) is 29.1 Å². The zero-order valence-corrected chi connectivity index (χ0v) is 9.61. The third kappa shape index (κ3) is 2.63. The monoisotopic (exact) mass is 231 g/mol. The average Bonchev–Trinajstić information content (AvgIpc) is 2.21. The van der Waals surface area contributed by atoms with Gasteiger partial charge in [-0.3, -0.25) is 9.78 Å². The molecule has 0 saturated carbocycles. The zero-order valence-electron chi connectivity index (χ0n) is 9.61. The number of rotatable bonds is 2. The van der Waals surface area contributed by atoms with Crippen molar-refractivity contribution >= 4 is 11.6 Å². The third-order valence-electron chi connectivity index (χ3n) is 2.36. The van der Waals surface area contributed by atoms with Crippen molar-refractivity contribution in [3.05, 3.63) is 45.7 Å². The van der Waals surface area contributed by atoms with Crippen molar-refractivity contribution < 1.29 is 5.11 Å². The summed E-state index contributed by atoms with van der Waals surface area (Å²) in [7, 11) is 0. The van der Waals surface area contributed by atoms with E-state index < -0.39 is 5.56 Å². The van der Waals surface area contributed by atoms with Crippen molar-refractivity contribution in [2.45, 2.75) is 13.8 Å². The quantitative estimate of drug-likeness (QED) is 0.736. The number of H-pyrrole nitrogens is 1. The van der Waals surface area contributed by atoms with Gasteiger partial charge in [-0.05, 0) is 25.5 Å². The normalized spacial score (nSPS) is 10.2. The number of anilines is 2. The second-order valence-corrected chi connectivity index (χ2v) is 3.90. The fourth-order valence-corrected chi connectivity index (χ4v) is 1.59. The number of nitrogens with one attached hydrogen (secondary N) is 2. The SMILES string of the molecule is Cc1ccc(Nc2nc(O)cc(=O)[nH]2)c(C)c1. The Morgan fingerprint density at radius 1 is 1.29 bits per heavy atom. The van der Waals surface area contributed by atoms with Crippen molar-refractivity contribution in [1.82, 2.24) is 9.97 Å². The summed E-state index contributed by atoms with van der Waals surface area (Å²) < 4.78 is 0. The summed E-state index contributed by atoms with van der Waals surface area (Å²) in [6, 6.07) is 6.89. The lowest BCUT2D eigenvalue weighted by molar-refractivity contribution is 0.452. The second-order valence-electron chi connectivity index (χ2n) is 3.90. The molecule has 1 aromatic heterocycles. The highest BCUT2D eigenvalue weighted by Gasteiger charge is 2.02. The molecule has 0 bridgehead atoms. The molecule has 1 heterocycles. The zero-order chi connectivity index (χ0) is 12.4. The first-order chi connectivity index (χ1) is 8.04. The van der Waals surface area contributed by atoms with E-state index >= 15 is 0 Å². The van der Waals surface area contributed by atoms with Gasteiger partial charge in [-0.2, -0.15) is 4.98 Å². The van der Waals surface area contributed by atoms with Crippen molar-refractivity contribution in [3.8, 4) is 5.88 Å². The number of nitrogens with zero attached hydrogens (tertiary/aromatic N) is 1. The molecule has 2 aromatic rings. The summed E-state index contributed by atoms with van der Waals surface area (Å²) in [5, 5.41) is 12.2. The largest absolute Gasteiger partial charge is 0.493 e. The Morgan fingerprint density at radius 3 is 2.71 bits per heavy atom. The van der Waals surface area contributed by atoms with Crippen LogP contribution in [0, 0.1) is 13.8 Å². The lowest BCUT2D eigenvalue weighted by Gasteiger charge is -2.09. The molecule has 1 aromatic carbocycles. The predicted molar refractivity (Wildman–Crippen MR) is 65.7 cm³/mol. The van der Waals surface area contributed by atoms with E-state index in [2.05, 4.69) is 15.3 Å². The highest BCUT2D eigenvalue weighted by Crippen LogP contribution is 2.19. The number of aromatic nitrogens is 2. The maximum Gasteiger partial charge on any atom is 0.256 e. The van der Waals surface area contributed by atoms with Gasteiger partial charge in [0.15, 0.2) is 0 Å². The minimum atomic E-state index is -0.398. The van der Waals surface area contributed by atoms with Crippen molar-refractivity contribution in [1.29, 1.82) is 0 Å². The molecule has 0 amide bonds. The van der Waals surface area contributed by atoms with Crippen LogP contribution in [-0.4, -0.2) is 15.1 Å². The first kappa shape index (κ1) is 11.2. The molecule has 0 spiro atoms. The van der Waals surface area contributed by atoms with Gasteiger partial charge >= 0.3 is 0 Å². The van der Waals surface area contributed by atoms with Crippen LogP contribution in [0.4, 0.5) is 11.6 Å². The Balaban J connectivity index is 2.34. The van der Waals surface area contributed by atoms with Crippen LogP contribution in [-0.2, 0) is 0 Å². The van der Waals surface area contributed by atoms with Crippen LogP contribution in [0.2, 0.25) is 0 Å². The summed E-state index contributed by atoms with van der Waals surface area (Å²) in [6.07, 6.45) is 0. The van der Waals surface area contributed by atoms with Gasteiger partial charge in [0, 0.05) is 5.69 Å². The lowest BCUT2D eigenvalue weighted by Crippen LogP contribution is -2.09. The van der Waals surface area contributed by atoms with E-state index in [0.29, 0.717) is 0 Å². The van der Waals surface area contributed by atoms with Crippen LogP contribution < -0.4 is 10.9 Å². The molecule has 0 fully saturated rings. The second kappa shape index (κ2) is 4.29. The molecule has 0 saturated heterocycles. The molecule has 5 nitrogen and oxygen atoms in total. The molecule has 0 radical (unpaired) electrons. The van der Waals surface area contributed by atoms with Gasteiger partial charge < -0.3 is 10.4 Å². The summed E-state index contributed by atoms with van der Waals surface area (Å²) >= 11 is 0. The molecule has 0 unspecified atom stereocenters. The van der Waals surface area contributed by atoms with E-state index in [9.17, 15) is 9.90 Å². The number of aromatic hydroxyl groups is 1. The number of hydrogen-bond donors (Lipinski definition) is 3. The minimum absolute atomic E-state index is 0.224. The molecule has 17 heavy (non-hydrogen) atoms. The smallest absolute Gasteiger partial charge is 0.256 e. The molecule has 0 aliphatic heterocycles. The summed E-state index contributed by atoms with van der Waals surface area (Å²) in [5.74, 6) is -0.0806. The molecule has 2 rings (SSSR count). The van der Waals surface area contributed by atoms with Crippen LogP contribution in [0.25, 0.3) is 0 Å². The molecule has 0 atom stereocenters. The van der Waals surface area contributed by atoms with Crippen LogP contribution in [0.5, 0.6) is 5.88 Å². The fraction of sp³-hybridized carbons (Fsp3) is 0.167. The third-order valence-corrected chi connectivity index (χ3v) is 2.36. The highest BCUT2D eigenvalue weighted by atomic mass is 16.3. The van der Waals surface area contributed by atoms with Gasteiger partial charge in [0.05, 0.1) is 6.07 Å². The van der Waals surface area contributed by atoms with E-state index in [1.807, 2.05) is 32.0 Å². The summed E-state index contributed by atoms with van der Waals surface area (Å²) in [4.78, 5) is 17.4. The van der Waals surface area contributed by atoms with Gasteiger partial charge in [-0.25, -0.2) is 0 Å². The van der Waals surface area contributed by atoms with Gasteiger partial charge in [0.2, 0.25) is 11.8 Å². The first-order valence-corrected chi connectivity index (χ1v) is 5.19. The van der Waals surface area contributed by atoms with Gasteiger partial charge in [0.1, 0.15) is 0 Å². The molecule has 5 heteroatoms. The summed E-state index contributed by atoms with van der Waals surface area (Å²) in [5.41, 5.74) is 2.63. The minimum Gasteiger partial charge on any atom is -0.493 e. The van der Waals surface area contributed by atoms with Gasteiger partial charge in [0.25, 0.3) is 5.56 Å². The maximum atomic E-state index is 11.1. The number of hydrogen-bond acceptors (Lipinski definition) is 4. The Morgan fingerprint density at radius 2 is 2.06 bits per heavy atom. The summed E-state index contributed by atoms with van der Waals surface area (Å²) in [6.45, 7) is 3.96. The lowest BCUT2D eigenvalue weighted by atomic mass is 10.1. The fourth-order valence-electron chi connectivity index (χ4n) is 1.59. The molecule has 0 aliphatic rings. The van der Waals surface area contributed by atoms with E-state index in [0.717, 1.165) is 22.9 Å². The van der Waals surface area contributed by atoms with E-state index in [-0.39, 0.29) is 11.8 Å². The van der Waals surface area contributed by atoms with Crippen molar-refractivity contribution in [2.75, 3.05) is 5.32 Å². The standard InChI is InChI=1S/C12H13N3O2/c1-7-3-4-9(8(2)5-7)13-12-14-10(16)6-11(17)15-12/h3-6H,1-2H3,(H3,13,14,15,16,17). The van der Waals surface area contributed by atoms with Crippen LogP contribution in [0.1, 0.15) is 11.1 Å². The highest BCUT2D eigenvalue weighted by molar-refractivity contribution is 5.58. The molecular weight excluding hydrogens is 218 g/mol. The van der Waals surface area contributed by atoms with Gasteiger partial charge in [-0.1, -0.05) is 17.7 Å². The average molecular weight is 231 g/mol. The van der Waals surface area contributed by atoms with Crippen molar-refractivity contribution in [2.24, 2.45) is 0 Å². The number of aromatic amines is 1. The molecule has 0 aliphatic carbocycles. The Labute approximate surface area is 98.2 Å². The van der Waals surface area contributed by atoms with Crippen LogP contribution in [0.3, 0.4) is 0 Å². The first-order valence-electron chi connectivity index (χ1n) is 5.19. The number of aryl methyl sites for hydroxylation is 2. The Hall–Kier alpha value is -2.30. The molecular formula is C12H13N3O2. The maximum absolute atomic E-state index is 11.1. The molecule has 3 N–H and O–H groups in total. The van der Waals surface area contributed by atoms with Gasteiger partial charge in [-0.15, -0.1) is 0 Å². The van der Waals surface area contributed by atoms with E-state index in [1.165, 1.54) is 0 Å². The number of benzene rings is 1.